The normalized spacial score (nSPS) is 12.0. The number of pyridine rings is 2. The highest BCUT2D eigenvalue weighted by Gasteiger charge is 2.31. The van der Waals surface area contributed by atoms with Crippen molar-refractivity contribution >= 4 is 33.5 Å². The van der Waals surface area contributed by atoms with Crippen LogP contribution in [0.5, 0.6) is 0 Å². The number of fused-ring (bicyclic) bond motifs is 1. The molecule has 0 fully saturated rings. The van der Waals surface area contributed by atoms with E-state index in [2.05, 4.69) is 9.97 Å². The van der Waals surface area contributed by atoms with Crippen LogP contribution < -0.4 is 0 Å². The molecule has 0 radical (unpaired) electrons. The van der Waals surface area contributed by atoms with Crippen molar-refractivity contribution in [2.75, 3.05) is 0 Å². The van der Waals surface area contributed by atoms with Gasteiger partial charge in [0.05, 0.1) is 11.1 Å². The van der Waals surface area contributed by atoms with Gasteiger partial charge in [0.1, 0.15) is 3.70 Å². The molecule has 15 heavy (non-hydrogen) atoms. The number of rotatable bonds is 0. The van der Waals surface area contributed by atoms with Crippen LogP contribution in [-0.4, -0.2) is 9.97 Å². The van der Waals surface area contributed by atoms with E-state index in [0.717, 1.165) is 12.3 Å². The number of nitrogens with zero attached hydrogens (tertiary/aromatic N) is 2. The Morgan fingerprint density at radius 1 is 1.20 bits per heavy atom. The molecule has 2 heterocycles. The monoisotopic (exact) mass is 324 g/mol. The van der Waals surface area contributed by atoms with E-state index in [0.29, 0.717) is 14.6 Å². The number of halogens is 4. The smallest absolute Gasteiger partial charge is 0.255 e. The van der Waals surface area contributed by atoms with Crippen LogP contribution >= 0.6 is 22.6 Å². The lowest BCUT2D eigenvalue weighted by Crippen LogP contribution is -2.05. The molecule has 0 bridgehead atoms. The maximum absolute atomic E-state index is 12.4. The zero-order valence-electron chi connectivity index (χ0n) is 7.22. The maximum Gasteiger partial charge on any atom is 0.417 e. The van der Waals surface area contributed by atoms with Crippen molar-refractivity contribution in [2.45, 2.75) is 6.18 Å². The first-order valence-corrected chi connectivity index (χ1v) is 5.04. The molecule has 0 unspecified atom stereocenters. The summed E-state index contributed by atoms with van der Waals surface area (Å²) in [5.74, 6) is 0. The average Bonchev–Trinajstić information content (AvgIpc) is 2.16. The van der Waals surface area contributed by atoms with E-state index < -0.39 is 11.7 Å². The fraction of sp³-hybridized carbons (Fsp3) is 0.111. The highest BCUT2D eigenvalue weighted by Crippen LogP contribution is 2.31. The van der Waals surface area contributed by atoms with Gasteiger partial charge in [0, 0.05) is 17.8 Å². The fourth-order valence-corrected chi connectivity index (χ4v) is 1.76. The zero-order chi connectivity index (χ0) is 11.1. The highest BCUT2D eigenvalue weighted by molar-refractivity contribution is 14.1. The SMILES string of the molecule is FC(F)(F)c1cnc2ccnc(I)c2c1. The van der Waals surface area contributed by atoms with Gasteiger partial charge in [-0.15, -0.1) is 0 Å². The van der Waals surface area contributed by atoms with Gasteiger partial charge in [-0.3, -0.25) is 4.98 Å². The summed E-state index contributed by atoms with van der Waals surface area (Å²) in [6.45, 7) is 0. The molecular weight excluding hydrogens is 320 g/mol. The van der Waals surface area contributed by atoms with Gasteiger partial charge >= 0.3 is 6.18 Å². The minimum absolute atomic E-state index is 0.424. The summed E-state index contributed by atoms with van der Waals surface area (Å²) in [7, 11) is 0. The first-order valence-electron chi connectivity index (χ1n) is 3.96. The van der Waals surface area contributed by atoms with Crippen molar-refractivity contribution in [2.24, 2.45) is 0 Å². The summed E-state index contributed by atoms with van der Waals surface area (Å²) in [6, 6.07) is 2.65. The summed E-state index contributed by atoms with van der Waals surface area (Å²) in [4.78, 5) is 7.65. The summed E-state index contributed by atoms with van der Waals surface area (Å²) in [5, 5.41) is 0.424. The van der Waals surface area contributed by atoms with Gasteiger partial charge in [0.2, 0.25) is 0 Å². The summed E-state index contributed by atoms with van der Waals surface area (Å²) in [5.41, 5.74) is -0.233. The Kier molecular flexibility index (Phi) is 2.53. The second-order valence-corrected chi connectivity index (χ2v) is 3.91. The number of aromatic nitrogens is 2. The van der Waals surface area contributed by atoms with Crippen LogP contribution in [0.15, 0.2) is 24.5 Å². The lowest BCUT2D eigenvalue weighted by Gasteiger charge is -2.07. The molecule has 0 N–H and O–H groups in total. The van der Waals surface area contributed by atoms with E-state index in [1.807, 2.05) is 22.6 Å². The van der Waals surface area contributed by atoms with E-state index in [-0.39, 0.29) is 0 Å². The number of hydrogen-bond donors (Lipinski definition) is 0. The molecule has 0 aromatic carbocycles. The van der Waals surface area contributed by atoms with E-state index in [1.165, 1.54) is 6.20 Å². The first-order chi connectivity index (χ1) is 6.98. The van der Waals surface area contributed by atoms with E-state index in [1.54, 1.807) is 6.07 Å². The molecule has 2 aromatic rings. The molecule has 2 nitrogen and oxygen atoms in total. The third-order valence-corrected chi connectivity index (χ3v) is 2.75. The lowest BCUT2D eigenvalue weighted by molar-refractivity contribution is -0.137. The Balaban J connectivity index is 2.70. The number of hydrogen-bond acceptors (Lipinski definition) is 2. The van der Waals surface area contributed by atoms with E-state index >= 15 is 0 Å². The van der Waals surface area contributed by atoms with Crippen LogP contribution in [0.4, 0.5) is 13.2 Å². The molecular formula is C9H4F3IN2. The molecule has 0 amide bonds. The van der Waals surface area contributed by atoms with E-state index in [9.17, 15) is 13.2 Å². The van der Waals surface area contributed by atoms with Gasteiger partial charge in [-0.1, -0.05) is 0 Å². The van der Waals surface area contributed by atoms with Crippen molar-refractivity contribution in [3.63, 3.8) is 0 Å². The average molecular weight is 324 g/mol. The Hall–Kier alpha value is -0.920. The Morgan fingerprint density at radius 2 is 1.93 bits per heavy atom. The molecule has 0 atom stereocenters. The molecule has 0 aliphatic carbocycles. The molecule has 0 aliphatic heterocycles. The van der Waals surface area contributed by atoms with Gasteiger partial charge in [-0.25, -0.2) is 4.98 Å². The van der Waals surface area contributed by atoms with Gasteiger partial charge in [0.15, 0.2) is 0 Å². The predicted molar refractivity (Wildman–Crippen MR) is 57.3 cm³/mol. The zero-order valence-corrected chi connectivity index (χ0v) is 9.37. The van der Waals surface area contributed by atoms with Crippen molar-refractivity contribution in [1.29, 1.82) is 0 Å². The summed E-state index contributed by atoms with van der Waals surface area (Å²) >= 11 is 1.88. The van der Waals surface area contributed by atoms with Gasteiger partial charge in [-0.2, -0.15) is 13.2 Å². The highest BCUT2D eigenvalue weighted by atomic mass is 127. The summed E-state index contributed by atoms with van der Waals surface area (Å²) < 4.78 is 37.7. The molecule has 2 aromatic heterocycles. The van der Waals surface area contributed by atoms with Crippen molar-refractivity contribution < 1.29 is 13.2 Å². The standard InChI is InChI=1S/C9H4F3IN2/c10-9(11,12)5-3-6-7(15-4-5)1-2-14-8(6)13/h1-4H. The molecule has 0 saturated heterocycles. The molecule has 2 rings (SSSR count). The van der Waals surface area contributed by atoms with Crippen LogP contribution in [-0.2, 0) is 6.18 Å². The van der Waals surface area contributed by atoms with Crippen LogP contribution in [0.1, 0.15) is 5.56 Å². The molecule has 0 spiro atoms. The second-order valence-electron chi connectivity index (χ2n) is 2.89. The predicted octanol–water partition coefficient (Wildman–Crippen LogP) is 3.25. The van der Waals surface area contributed by atoms with Crippen LogP contribution in [0.2, 0.25) is 0 Å². The topological polar surface area (TPSA) is 25.8 Å². The Morgan fingerprint density at radius 3 is 2.60 bits per heavy atom. The Labute approximate surface area is 96.7 Å². The molecule has 6 heteroatoms. The largest absolute Gasteiger partial charge is 0.417 e. The van der Waals surface area contributed by atoms with Gasteiger partial charge < -0.3 is 0 Å². The second kappa shape index (κ2) is 3.58. The third-order valence-electron chi connectivity index (χ3n) is 1.89. The molecule has 0 aliphatic rings. The summed E-state index contributed by atoms with van der Waals surface area (Å²) in [6.07, 6.45) is -2.01. The first kappa shape index (κ1) is 10.6. The Bertz CT molecular complexity index is 510. The van der Waals surface area contributed by atoms with Crippen LogP contribution in [0, 0.1) is 3.70 Å². The van der Waals surface area contributed by atoms with Gasteiger partial charge in [-0.05, 0) is 34.7 Å². The van der Waals surface area contributed by atoms with E-state index in [4.69, 9.17) is 0 Å². The number of alkyl halides is 3. The minimum Gasteiger partial charge on any atom is -0.255 e. The third kappa shape index (κ3) is 2.04. The lowest BCUT2D eigenvalue weighted by atomic mass is 10.2. The molecule has 78 valence electrons. The van der Waals surface area contributed by atoms with Crippen LogP contribution in [0.3, 0.4) is 0 Å². The molecule has 0 saturated carbocycles. The van der Waals surface area contributed by atoms with Crippen molar-refractivity contribution in [1.82, 2.24) is 9.97 Å². The minimum atomic E-state index is -4.36. The maximum atomic E-state index is 12.4. The van der Waals surface area contributed by atoms with Crippen LogP contribution in [0.25, 0.3) is 10.9 Å². The van der Waals surface area contributed by atoms with Crippen molar-refractivity contribution in [3.8, 4) is 0 Å². The quantitative estimate of drug-likeness (QED) is 0.549. The van der Waals surface area contributed by atoms with Gasteiger partial charge in [0.25, 0.3) is 0 Å². The fourth-order valence-electron chi connectivity index (χ4n) is 1.17. The van der Waals surface area contributed by atoms with Crippen molar-refractivity contribution in [3.05, 3.63) is 33.8 Å².